The number of aryl methyl sites for hydroxylation is 1. The van der Waals surface area contributed by atoms with Crippen LogP contribution in [0.3, 0.4) is 0 Å². The Balaban J connectivity index is 1.58. The van der Waals surface area contributed by atoms with Crippen molar-refractivity contribution in [2.45, 2.75) is 6.92 Å². The van der Waals surface area contributed by atoms with E-state index >= 15 is 0 Å². The van der Waals surface area contributed by atoms with Gasteiger partial charge in [0.2, 0.25) is 0 Å². The van der Waals surface area contributed by atoms with E-state index in [0.29, 0.717) is 33.1 Å². The first-order valence-corrected chi connectivity index (χ1v) is 10.1. The van der Waals surface area contributed by atoms with Crippen LogP contribution in [0.25, 0.3) is 10.2 Å². The number of urea groups is 1. The maximum absolute atomic E-state index is 13.0. The van der Waals surface area contributed by atoms with Crippen molar-refractivity contribution in [1.82, 2.24) is 4.98 Å². The largest absolute Gasteiger partial charge is 0.504 e. The summed E-state index contributed by atoms with van der Waals surface area (Å²) in [7, 11) is 0. The van der Waals surface area contributed by atoms with Crippen molar-refractivity contribution in [3.8, 4) is 17.2 Å². The number of carbonyl (C=O) groups excluding carboxylic acids is 1. The minimum Gasteiger partial charge on any atom is -0.504 e. The number of ether oxygens (including phenoxy) is 1. The summed E-state index contributed by atoms with van der Waals surface area (Å²) in [5.74, 6) is -0.257. The number of amides is 2. The second-order valence-corrected chi connectivity index (χ2v) is 7.90. The predicted molar refractivity (Wildman–Crippen MR) is 117 cm³/mol. The van der Waals surface area contributed by atoms with Gasteiger partial charge in [-0.25, -0.2) is 14.6 Å². The maximum atomic E-state index is 13.0. The third-order valence-electron chi connectivity index (χ3n) is 4.94. The average molecular weight is 433 g/mol. The summed E-state index contributed by atoms with van der Waals surface area (Å²) in [4.78, 5) is 30.9. The Morgan fingerprint density at radius 2 is 1.97 bits per heavy atom. The topological polar surface area (TPSA) is 112 Å². The summed E-state index contributed by atoms with van der Waals surface area (Å²) >= 11 is 1.02. The second-order valence-electron chi connectivity index (χ2n) is 6.91. The van der Waals surface area contributed by atoms with E-state index in [1.165, 1.54) is 11.0 Å². The van der Waals surface area contributed by atoms with E-state index in [-0.39, 0.29) is 16.3 Å². The molecule has 5 rings (SSSR count). The number of carboxylic acid groups (broad SMARTS) is 1. The molecule has 0 saturated heterocycles. The number of rotatable bonds is 4. The Bertz CT molecular complexity index is 1380. The number of thiophene rings is 1. The van der Waals surface area contributed by atoms with E-state index in [0.717, 1.165) is 16.9 Å². The molecule has 0 aliphatic carbocycles. The number of hydrogen-bond acceptors (Lipinski definition) is 6. The molecule has 2 aromatic carbocycles. The van der Waals surface area contributed by atoms with E-state index in [4.69, 9.17) is 4.74 Å². The van der Waals surface area contributed by atoms with Gasteiger partial charge in [0.05, 0.1) is 22.4 Å². The van der Waals surface area contributed by atoms with Crippen molar-refractivity contribution in [3.05, 3.63) is 65.2 Å². The lowest BCUT2D eigenvalue weighted by molar-refractivity contribution is 0.0703. The van der Waals surface area contributed by atoms with Gasteiger partial charge in [-0.1, -0.05) is 12.1 Å². The molecule has 3 N–H and O–H groups in total. The van der Waals surface area contributed by atoms with E-state index < -0.39 is 12.0 Å². The molecule has 4 aromatic rings. The normalized spacial score (nSPS) is 12.7. The van der Waals surface area contributed by atoms with Crippen LogP contribution in [0, 0.1) is 6.92 Å². The molecule has 2 amide bonds. The third-order valence-corrected chi connectivity index (χ3v) is 6.03. The quantitative estimate of drug-likeness (QED) is 0.393. The zero-order valence-electron chi connectivity index (χ0n) is 16.1. The number of carbonyl (C=O) groups is 2. The van der Waals surface area contributed by atoms with Gasteiger partial charge in [-0.05, 0) is 48.9 Å². The number of aromatic hydroxyl groups is 1. The summed E-state index contributed by atoms with van der Waals surface area (Å²) in [6.07, 6.45) is 1.56. The minimum atomic E-state index is -1.11. The van der Waals surface area contributed by atoms with Crippen LogP contribution in [-0.4, -0.2) is 27.2 Å². The van der Waals surface area contributed by atoms with Gasteiger partial charge in [0, 0.05) is 6.20 Å². The molecule has 0 unspecified atom stereocenters. The van der Waals surface area contributed by atoms with Crippen LogP contribution in [0.1, 0.15) is 15.2 Å². The molecule has 0 saturated carbocycles. The summed E-state index contributed by atoms with van der Waals surface area (Å²) in [6.45, 7) is 1.84. The molecule has 31 heavy (non-hydrogen) atoms. The molecule has 2 aromatic heterocycles. The van der Waals surface area contributed by atoms with Gasteiger partial charge in [0.15, 0.2) is 11.5 Å². The zero-order chi connectivity index (χ0) is 21.7. The van der Waals surface area contributed by atoms with Gasteiger partial charge in [-0.15, -0.1) is 11.3 Å². The van der Waals surface area contributed by atoms with Crippen LogP contribution in [0.4, 0.5) is 21.9 Å². The molecule has 1 aliphatic rings. The lowest BCUT2D eigenvalue weighted by Gasteiger charge is -2.29. The lowest BCUT2D eigenvalue weighted by Crippen LogP contribution is -2.34. The van der Waals surface area contributed by atoms with Crippen LogP contribution in [0.15, 0.2) is 54.7 Å². The van der Waals surface area contributed by atoms with Gasteiger partial charge in [0.25, 0.3) is 0 Å². The van der Waals surface area contributed by atoms with Crippen molar-refractivity contribution in [1.29, 1.82) is 0 Å². The highest BCUT2D eigenvalue weighted by molar-refractivity contribution is 7.21. The molecule has 0 bridgehead atoms. The first-order valence-electron chi connectivity index (χ1n) is 9.26. The van der Waals surface area contributed by atoms with Crippen molar-refractivity contribution < 1.29 is 24.5 Å². The Morgan fingerprint density at radius 1 is 1.16 bits per heavy atom. The van der Waals surface area contributed by atoms with Gasteiger partial charge in [-0.2, -0.15) is 0 Å². The van der Waals surface area contributed by atoms with Crippen LogP contribution >= 0.6 is 11.3 Å². The summed E-state index contributed by atoms with van der Waals surface area (Å²) in [6, 6.07) is 13.1. The van der Waals surface area contributed by atoms with Crippen LogP contribution < -0.4 is 15.0 Å². The minimum absolute atomic E-state index is 0.0260. The van der Waals surface area contributed by atoms with E-state index in [9.17, 15) is 19.8 Å². The molecule has 9 heteroatoms. The third kappa shape index (κ3) is 3.03. The van der Waals surface area contributed by atoms with Crippen molar-refractivity contribution in [2.24, 2.45) is 0 Å². The summed E-state index contributed by atoms with van der Waals surface area (Å²) < 4.78 is 5.76. The fraction of sp³-hybridized carbons (Fsp3) is 0.0455. The van der Waals surface area contributed by atoms with E-state index in [1.54, 1.807) is 48.7 Å². The number of hydrogen-bond donors (Lipinski definition) is 3. The number of aromatic nitrogens is 1. The number of nitrogens with one attached hydrogen (secondary N) is 1. The maximum Gasteiger partial charge on any atom is 0.348 e. The Kier molecular flexibility index (Phi) is 4.26. The van der Waals surface area contributed by atoms with Gasteiger partial charge < -0.3 is 20.3 Å². The Labute approximate surface area is 180 Å². The second kappa shape index (κ2) is 6.99. The molecular formula is C22H15N3O5S. The first-order chi connectivity index (χ1) is 14.9. The van der Waals surface area contributed by atoms with E-state index in [2.05, 4.69) is 10.3 Å². The number of benzene rings is 2. The molecule has 3 heterocycles. The average Bonchev–Trinajstić information content (AvgIpc) is 3.11. The monoisotopic (exact) mass is 433 g/mol. The summed E-state index contributed by atoms with van der Waals surface area (Å²) in [5.41, 5.74) is 2.20. The number of phenolic OH excluding ortho intramolecular Hbond substituents is 1. The number of phenols is 1. The van der Waals surface area contributed by atoms with Crippen molar-refractivity contribution in [3.63, 3.8) is 0 Å². The highest BCUT2D eigenvalue weighted by Crippen LogP contribution is 2.46. The molecule has 8 nitrogen and oxygen atoms in total. The first kappa shape index (κ1) is 18.9. The van der Waals surface area contributed by atoms with Gasteiger partial charge >= 0.3 is 12.0 Å². The molecule has 0 atom stereocenters. The Hall–Kier alpha value is -4.11. The highest BCUT2D eigenvalue weighted by Gasteiger charge is 2.33. The highest BCUT2D eigenvalue weighted by atomic mass is 32.1. The number of pyridine rings is 1. The van der Waals surface area contributed by atoms with Crippen LogP contribution in [0.2, 0.25) is 0 Å². The predicted octanol–water partition coefficient (Wildman–Crippen LogP) is 5.48. The lowest BCUT2D eigenvalue weighted by atomic mass is 10.1. The molecule has 1 aliphatic heterocycles. The number of anilines is 3. The van der Waals surface area contributed by atoms with Gasteiger partial charge in [0.1, 0.15) is 15.5 Å². The Morgan fingerprint density at radius 3 is 2.71 bits per heavy atom. The van der Waals surface area contributed by atoms with E-state index in [1.807, 2.05) is 6.92 Å². The molecule has 0 radical (unpaired) electrons. The number of nitrogens with zero attached hydrogens (tertiary/aromatic N) is 2. The standard InChI is InChI=1S/C22H15N3O5S/c1-11-10-12(30-16-5-3-2-4-15(16)26)6-7-13(11)25-14-8-9-23-20-17(14)18(24-22(25)29)19(31-20)21(27)28/h2-10,26H,1H3,(H,24,29)(H,27,28). The summed E-state index contributed by atoms with van der Waals surface area (Å²) in [5, 5.41) is 22.7. The SMILES string of the molecule is Cc1cc(Oc2ccccc2O)ccc1N1C(=O)Nc2c(C(=O)O)sc3nccc1c23. The number of carboxylic acids is 1. The molecule has 154 valence electrons. The fourth-order valence-electron chi connectivity index (χ4n) is 3.59. The molecule has 0 fully saturated rings. The van der Waals surface area contributed by atoms with Gasteiger partial charge in [-0.3, -0.25) is 4.90 Å². The zero-order valence-corrected chi connectivity index (χ0v) is 16.9. The molecule has 0 spiro atoms. The molecular weight excluding hydrogens is 418 g/mol. The number of para-hydroxylation sites is 2. The van der Waals surface area contributed by atoms with Crippen molar-refractivity contribution >= 4 is 50.6 Å². The van der Waals surface area contributed by atoms with Crippen LogP contribution in [-0.2, 0) is 0 Å². The smallest absolute Gasteiger partial charge is 0.348 e. The van der Waals surface area contributed by atoms with Crippen LogP contribution in [0.5, 0.6) is 17.2 Å². The number of aromatic carboxylic acids is 1. The fourth-order valence-corrected chi connectivity index (χ4v) is 4.55. The van der Waals surface area contributed by atoms with Crippen molar-refractivity contribution in [2.75, 3.05) is 10.2 Å².